The number of urea groups is 1. The molecule has 3 amide bonds. The Kier molecular flexibility index (Phi) is 8.25. The lowest BCUT2D eigenvalue weighted by atomic mass is 10.2. The van der Waals surface area contributed by atoms with Gasteiger partial charge in [0.15, 0.2) is 0 Å². The van der Waals surface area contributed by atoms with Crippen molar-refractivity contribution in [3.63, 3.8) is 0 Å². The third kappa shape index (κ3) is 7.45. The fourth-order valence-electron chi connectivity index (χ4n) is 1.98. The smallest absolute Gasteiger partial charge is 0.328 e. The van der Waals surface area contributed by atoms with E-state index < -0.39 is 16.1 Å². The largest absolute Gasteiger partial charge is 0.352 e. The van der Waals surface area contributed by atoms with Crippen LogP contribution >= 0.6 is 0 Å². The molecular formula is C16H25N3O4S. The number of unbranched alkanes of at least 4 members (excludes halogenated alkanes) is 3. The normalized spacial score (nSPS) is 10.9. The number of benzene rings is 1. The van der Waals surface area contributed by atoms with E-state index in [0.717, 1.165) is 31.2 Å². The molecule has 134 valence electrons. The maximum Gasteiger partial charge on any atom is 0.328 e. The number of carbonyl (C=O) groups is 2. The van der Waals surface area contributed by atoms with Gasteiger partial charge in [0.1, 0.15) is 0 Å². The van der Waals surface area contributed by atoms with Gasteiger partial charge in [-0.15, -0.1) is 0 Å². The Morgan fingerprint density at radius 2 is 1.67 bits per heavy atom. The van der Waals surface area contributed by atoms with E-state index in [1.807, 2.05) is 4.72 Å². The molecule has 1 aromatic carbocycles. The minimum Gasteiger partial charge on any atom is -0.352 e. The zero-order valence-electron chi connectivity index (χ0n) is 14.1. The molecule has 8 heteroatoms. The maximum absolute atomic E-state index is 12.1. The molecule has 0 spiro atoms. The second-order valence-electron chi connectivity index (χ2n) is 5.48. The summed E-state index contributed by atoms with van der Waals surface area (Å²) in [5.74, 6) is -0.163. The van der Waals surface area contributed by atoms with Gasteiger partial charge in [0.05, 0.1) is 4.90 Å². The number of amides is 3. The number of nitrogens with one attached hydrogen (secondary N) is 3. The summed E-state index contributed by atoms with van der Waals surface area (Å²) >= 11 is 0. The molecule has 1 rings (SSSR count). The highest BCUT2D eigenvalue weighted by atomic mass is 32.2. The van der Waals surface area contributed by atoms with Crippen LogP contribution in [0.25, 0.3) is 0 Å². The number of hydrogen-bond donors (Lipinski definition) is 3. The van der Waals surface area contributed by atoms with E-state index in [-0.39, 0.29) is 10.8 Å². The van der Waals surface area contributed by atoms with Crippen molar-refractivity contribution in [2.75, 3.05) is 6.54 Å². The first-order valence-corrected chi connectivity index (χ1v) is 9.47. The van der Waals surface area contributed by atoms with Crippen LogP contribution in [-0.2, 0) is 21.4 Å². The average Bonchev–Trinajstić information content (AvgIpc) is 2.52. The summed E-state index contributed by atoms with van der Waals surface area (Å²) in [6.07, 6.45) is 4.00. The van der Waals surface area contributed by atoms with E-state index in [1.54, 1.807) is 12.1 Å². The predicted octanol–water partition coefficient (Wildman–Crippen LogP) is 1.89. The summed E-state index contributed by atoms with van der Waals surface area (Å²) in [6.45, 7) is 4.26. The van der Waals surface area contributed by atoms with Crippen LogP contribution in [0.1, 0.15) is 45.1 Å². The Labute approximate surface area is 143 Å². The van der Waals surface area contributed by atoms with Crippen molar-refractivity contribution in [2.24, 2.45) is 0 Å². The summed E-state index contributed by atoms with van der Waals surface area (Å²) in [5.41, 5.74) is 0.768. The van der Waals surface area contributed by atoms with Crippen LogP contribution in [0.4, 0.5) is 4.79 Å². The van der Waals surface area contributed by atoms with Crippen LogP contribution in [-0.4, -0.2) is 26.9 Å². The lowest BCUT2D eigenvalue weighted by Crippen LogP contribution is -2.39. The van der Waals surface area contributed by atoms with Gasteiger partial charge in [-0.2, -0.15) is 0 Å². The number of hydrogen-bond acceptors (Lipinski definition) is 4. The van der Waals surface area contributed by atoms with Gasteiger partial charge in [-0.25, -0.2) is 17.9 Å². The molecule has 24 heavy (non-hydrogen) atoms. The molecule has 0 saturated heterocycles. The number of sulfonamides is 1. The minimum atomic E-state index is -3.90. The second kappa shape index (κ2) is 9.92. The average molecular weight is 355 g/mol. The van der Waals surface area contributed by atoms with Crippen molar-refractivity contribution >= 4 is 22.0 Å². The lowest BCUT2D eigenvalue weighted by molar-refractivity contribution is -0.119. The predicted molar refractivity (Wildman–Crippen MR) is 91.8 cm³/mol. The quantitative estimate of drug-likeness (QED) is 0.588. The van der Waals surface area contributed by atoms with Crippen molar-refractivity contribution in [1.82, 2.24) is 15.4 Å². The lowest BCUT2D eigenvalue weighted by Gasteiger charge is -2.09. The Morgan fingerprint density at radius 3 is 2.25 bits per heavy atom. The summed E-state index contributed by atoms with van der Waals surface area (Å²) in [4.78, 5) is 22.5. The fraction of sp³-hybridized carbons (Fsp3) is 0.500. The SMILES string of the molecule is CCCCCCNC(=O)NS(=O)(=O)c1ccc(CNC(C)=O)cc1. The second-order valence-corrected chi connectivity index (χ2v) is 7.16. The van der Waals surface area contributed by atoms with E-state index in [0.29, 0.717) is 13.1 Å². The van der Waals surface area contributed by atoms with Crippen molar-refractivity contribution in [1.29, 1.82) is 0 Å². The van der Waals surface area contributed by atoms with Gasteiger partial charge in [-0.05, 0) is 24.1 Å². The topological polar surface area (TPSA) is 104 Å². The van der Waals surface area contributed by atoms with Crippen molar-refractivity contribution in [3.05, 3.63) is 29.8 Å². The Bertz CT molecular complexity index is 642. The molecule has 0 aliphatic heterocycles. The zero-order valence-corrected chi connectivity index (χ0v) is 14.9. The van der Waals surface area contributed by atoms with E-state index in [9.17, 15) is 18.0 Å². The molecule has 3 N–H and O–H groups in total. The minimum absolute atomic E-state index is 0.00444. The van der Waals surface area contributed by atoms with Crippen LogP contribution in [0.3, 0.4) is 0 Å². The van der Waals surface area contributed by atoms with E-state index in [4.69, 9.17) is 0 Å². The van der Waals surface area contributed by atoms with Gasteiger partial charge in [0, 0.05) is 20.0 Å². The molecule has 0 fully saturated rings. The van der Waals surface area contributed by atoms with Gasteiger partial charge in [0.2, 0.25) is 5.91 Å². The van der Waals surface area contributed by atoms with Gasteiger partial charge in [-0.3, -0.25) is 4.79 Å². The third-order valence-corrected chi connectivity index (χ3v) is 4.66. The van der Waals surface area contributed by atoms with Crippen molar-refractivity contribution < 1.29 is 18.0 Å². The molecule has 1 aromatic rings. The molecule has 0 unspecified atom stereocenters. The van der Waals surface area contributed by atoms with Crippen LogP contribution in [0.2, 0.25) is 0 Å². The molecule has 0 aromatic heterocycles. The molecular weight excluding hydrogens is 330 g/mol. The Balaban J connectivity index is 2.52. The highest BCUT2D eigenvalue weighted by Gasteiger charge is 2.17. The van der Waals surface area contributed by atoms with Crippen LogP contribution in [0, 0.1) is 0 Å². The molecule has 0 aliphatic rings. The summed E-state index contributed by atoms with van der Waals surface area (Å²) < 4.78 is 26.2. The highest BCUT2D eigenvalue weighted by Crippen LogP contribution is 2.10. The molecule has 0 atom stereocenters. The molecule has 0 radical (unpaired) electrons. The zero-order chi connectivity index (χ0) is 18.0. The van der Waals surface area contributed by atoms with Crippen LogP contribution < -0.4 is 15.4 Å². The first-order valence-electron chi connectivity index (χ1n) is 7.99. The first-order chi connectivity index (χ1) is 11.3. The van der Waals surface area contributed by atoms with E-state index in [1.165, 1.54) is 19.1 Å². The molecule has 0 aliphatic carbocycles. The molecule has 0 bridgehead atoms. The van der Waals surface area contributed by atoms with Gasteiger partial charge >= 0.3 is 6.03 Å². The Morgan fingerprint density at radius 1 is 1.00 bits per heavy atom. The molecule has 7 nitrogen and oxygen atoms in total. The van der Waals surface area contributed by atoms with Gasteiger partial charge < -0.3 is 10.6 Å². The maximum atomic E-state index is 12.1. The van der Waals surface area contributed by atoms with Crippen LogP contribution in [0.5, 0.6) is 0 Å². The van der Waals surface area contributed by atoms with Crippen LogP contribution in [0.15, 0.2) is 29.2 Å². The van der Waals surface area contributed by atoms with E-state index in [2.05, 4.69) is 17.6 Å². The summed E-state index contributed by atoms with van der Waals surface area (Å²) in [6, 6.07) is 5.25. The third-order valence-electron chi connectivity index (χ3n) is 3.32. The monoisotopic (exact) mass is 355 g/mol. The standard InChI is InChI=1S/C16H25N3O4S/c1-3-4-5-6-11-17-16(21)19-24(22,23)15-9-7-14(8-10-15)12-18-13(2)20/h7-10H,3-6,11-12H2,1-2H3,(H,18,20)(H2,17,19,21). The molecule has 0 saturated carbocycles. The highest BCUT2D eigenvalue weighted by molar-refractivity contribution is 7.90. The van der Waals surface area contributed by atoms with Gasteiger partial charge in [0.25, 0.3) is 10.0 Å². The number of carbonyl (C=O) groups excluding carboxylic acids is 2. The number of rotatable bonds is 9. The molecule has 0 heterocycles. The van der Waals surface area contributed by atoms with Crippen molar-refractivity contribution in [3.8, 4) is 0 Å². The summed E-state index contributed by atoms with van der Waals surface area (Å²) in [7, 11) is -3.90. The Hall–Kier alpha value is -2.09. The first kappa shape index (κ1) is 20.0. The summed E-state index contributed by atoms with van der Waals surface area (Å²) in [5, 5.41) is 5.16. The van der Waals surface area contributed by atoms with Crippen molar-refractivity contribution in [2.45, 2.75) is 51.0 Å². The fourth-order valence-corrected chi connectivity index (χ4v) is 2.91. The van der Waals surface area contributed by atoms with E-state index >= 15 is 0 Å². The van der Waals surface area contributed by atoms with Gasteiger partial charge in [-0.1, -0.05) is 38.3 Å².